The Morgan fingerprint density at radius 2 is 0.645 bits per heavy atom. The van der Waals surface area contributed by atoms with Crippen molar-refractivity contribution in [2.45, 2.75) is 84.6 Å². The smallest absolute Gasteiger partial charge is 0.306 e. The van der Waals surface area contributed by atoms with Crippen molar-refractivity contribution < 1.29 is 57.2 Å². The maximum atomic E-state index is 12.1. The van der Waals surface area contributed by atoms with Crippen molar-refractivity contribution in [3.05, 3.63) is 0 Å². The summed E-state index contributed by atoms with van der Waals surface area (Å²) in [6.07, 6.45) is -9.36. The maximum Gasteiger partial charge on any atom is 0.306 e. The average Bonchev–Trinajstić information content (AvgIpc) is 2.61. The molecule has 1 aliphatic carbocycles. The van der Waals surface area contributed by atoms with Gasteiger partial charge in [-0.15, -0.1) is 0 Å². The molecule has 12 nitrogen and oxygen atoms in total. The second kappa shape index (κ2) is 11.3. The van der Waals surface area contributed by atoms with Gasteiger partial charge in [-0.1, -0.05) is 6.92 Å². The lowest BCUT2D eigenvalue weighted by Gasteiger charge is -2.46. The lowest BCUT2D eigenvalue weighted by molar-refractivity contribution is -0.259. The highest BCUT2D eigenvalue weighted by Gasteiger charge is 2.60. The Kier molecular flexibility index (Phi) is 9.41. The summed E-state index contributed by atoms with van der Waals surface area (Å²) in [5, 5.41) is 0. The summed E-state index contributed by atoms with van der Waals surface area (Å²) in [6, 6.07) is 0. The molecule has 0 saturated heterocycles. The predicted molar refractivity (Wildman–Crippen MR) is 97.9 cm³/mol. The van der Waals surface area contributed by atoms with E-state index in [1.165, 1.54) is 6.92 Å². The molecule has 0 N–H and O–H groups in total. The first-order valence-corrected chi connectivity index (χ1v) is 9.42. The second-order valence-corrected chi connectivity index (χ2v) is 6.68. The fourth-order valence-electron chi connectivity index (χ4n) is 3.12. The third-order valence-electron chi connectivity index (χ3n) is 4.01. The Morgan fingerprint density at radius 1 is 0.452 bits per heavy atom. The molecule has 0 radical (unpaired) electrons. The zero-order valence-electron chi connectivity index (χ0n) is 18.1. The number of carbonyl (C=O) groups excluding carboxylic acids is 6. The van der Waals surface area contributed by atoms with E-state index in [2.05, 4.69) is 0 Å². The molecule has 0 aromatic carbocycles. The van der Waals surface area contributed by atoms with Gasteiger partial charge in [-0.3, -0.25) is 28.8 Å². The Balaban J connectivity index is 3.68. The normalized spacial score (nSPS) is 27.3. The van der Waals surface area contributed by atoms with E-state index >= 15 is 0 Å². The van der Waals surface area contributed by atoms with Crippen LogP contribution in [0.5, 0.6) is 0 Å². The second-order valence-electron chi connectivity index (χ2n) is 6.68. The van der Waals surface area contributed by atoms with Gasteiger partial charge in [0.15, 0.2) is 36.6 Å². The van der Waals surface area contributed by atoms with Gasteiger partial charge in [-0.25, -0.2) is 0 Å². The van der Waals surface area contributed by atoms with Crippen LogP contribution in [0.4, 0.5) is 0 Å². The zero-order chi connectivity index (χ0) is 23.9. The van der Waals surface area contributed by atoms with E-state index in [0.717, 1.165) is 34.6 Å². The molecule has 2 unspecified atom stereocenters. The van der Waals surface area contributed by atoms with Crippen molar-refractivity contribution in [3.8, 4) is 0 Å². The highest BCUT2D eigenvalue weighted by molar-refractivity contribution is 5.71. The molecule has 0 spiro atoms. The molecular formula is C19H26O12. The van der Waals surface area contributed by atoms with E-state index in [-0.39, 0.29) is 6.42 Å². The van der Waals surface area contributed by atoms with E-state index < -0.39 is 72.4 Å². The molecule has 0 amide bonds. The third kappa shape index (κ3) is 7.54. The van der Waals surface area contributed by atoms with Crippen LogP contribution in [-0.2, 0) is 57.2 Å². The fraction of sp³-hybridized carbons (Fsp3) is 0.684. The van der Waals surface area contributed by atoms with Gasteiger partial charge in [0.2, 0.25) is 0 Å². The summed E-state index contributed by atoms with van der Waals surface area (Å²) in [5.41, 5.74) is 0. The molecule has 1 aliphatic rings. The van der Waals surface area contributed by atoms with Crippen molar-refractivity contribution in [3.63, 3.8) is 0 Å². The van der Waals surface area contributed by atoms with Crippen LogP contribution in [0.15, 0.2) is 0 Å². The van der Waals surface area contributed by atoms with Crippen molar-refractivity contribution >= 4 is 35.8 Å². The number of ether oxygens (including phenoxy) is 6. The van der Waals surface area contributed by atoms with Gasteiger partial charge >= 0.3 is 35.8 Å². The van der Waals surface area contributed by atoms with Gasteiger partial charge in [-0.05, 0) is 0 Å². The molecule has 0 aromatic heterocycles. The van der Waals surface area contributed by atoms with Crippen LogP contribution < -0.4 is 0 Å². The standard InChI is InChI=1S/C19H26O12/c1-7-13(25)31-19-17(29-11(5)23)15(27-9(3)21)14(26-8(2)20)16(28-10(4)22)18(19)30-12(6)24/h14-19H,7H2,1-6H3/t14?,15-,16+,17-,18-,19?/m1/s1. The van der Waals surface area contributed by atoms with Crippen molar-refractivity contribution in [2.75, 3.05) is 0 Å². The van der Waals surface area contributed by atoms with Crippen molar-refractivity contribution in [2.24, 2.45) is 0 Å². The number of hydrogen-bond acceptors (Lipinski definition) is 12. The van der Waals surface area contributed by atoms with Crippen molar-refractivity contribution in [1.82, 2.24) is 0 Å². The molecule has 1 fully saturated rings. The number of rotatable bonds is 7. The summed E-state index contributed by atoms with van der Waals surface area (Å²) >= 11 is 0. The summed E-state index contributed by atoms with van der Waals surface area (Å²) in [7, 11) is 0. The first kappa shape index (κ1) is 25.9. The zero-order valence-corrected chi connectivity index (χ0v) is 18.1. The Morgan fingerprint density at radius 3 is 0.806 bits per heavy atom. The van der Waals surface area contributed by atoms with Crippen LogP contribution in [0.1, 0.15) is 48.0 Å². The van der Waals surface area contributed by atoms with E-state index in [9.17, 15) is 28.8 Å². The maximum absolute atomic E-state index is 12.1. The first-order chi connectivity index (χ1) is 14.4. The van der Waals surface area contributed by atoms with E-state index in [1.807, 2.05) is 0 Å². The highest BCUT2D eigenvalue weighted by Crippen LogP contribution is 2.34. The van der Waals surface area contributed by atoms with Gasteiger partial charge in [-0.2, -0.15) is 0 Å². The molecule has 0 heterocycles. The Hall–Kier alpha value is -3.18. The van der Waals surface area contributed by atoms with E-state index in [1.54, 1.807) is 0 Å². The van der Waals surface area contributed by atoms with Gasteiger partial charge in [0, 0.05) is 41.0 Å². The molecule has 0 bridgehead atoms. The SMILES string of the molecule is CCC(=O)OC1[C@H](OC(C)=O)[C@H](OC(C)=O)C(OC(C)=O)[C@H](OC(C)=O)[C@H]1OC(C)=O. The number of carbonyl (C=O) groups is 6. The molecule has 31 heavy (non-hydrogen) atoms. The first-order valence-electron chi connectivity index (χ1n) is 9.42. The minimum Gasteiger partial charge on any atom is -0.454 e. The fourth-order valence-corrected chi connectivity index (χ4v) is 3.12. The average molecular weight is 446 g/mol. The molecule has 174 valence electrons. The summed E-state index contributed by atoms with van der Waals surface area (Å²) in [4.78, 5) is 70.8. The van der Waals surface area contributed by atoms with Gasteiger partial charge < -0.3 is 28.4 Å². The largest absolute Gasteiger partial charge is 0.454 e. The summed E-state index contributed by atoms with van der Waals surface area (Å²) in [5.74, 6) is -5.04. The predicted octanol–water partition coefficient (Wildman–Crippen LogP) is -0.0197. The summed E-state index contributed by atoms with van der Waals surface area (Å²) in [6.45, 7) is 6.71. The summed E-state index contributed by atoms with van der Waals surface area (Å²) < 4.78 is 31.4. The lowest BCUT2D eigenvalue weighted by Crippen LogP contribution is -2.68. The molecule has 6 atom stereocenters. The molecular weight excluding hydrogens is 420 g/mol. The van der Waals surface area contributed by atoms with Crippen LogP contribution in [-0.4, -0.2) is 72.4 Å². The lowest BCUT2D eigenvalue weighted by atomic mass is 9.83. The van der Waals surface area contributed by atoms with Crippen LogP contribution in [0.25, 0.3) is 0 Å². The van der Waals surface area contributed by atoms with Crippen LogP contribution in [0, 0.1) is 0 Å². The van der Waals surface area contributed by atoms with Gasteiger partial charge in [0.05, 0.1) is 0 Å². The van der Waals surface area contributed by atoms with Crippen molar-refractivity contribution in [1.29, 1.82) is 0 Å². The Labute approximate surface area is 178 Å². The monoisotopic (exact) mass is 446 g/mol. The van der Waals surface area contributed by atoms with E-state index in [4.69, 9.17) is 28.4 Å². The minimum absolute atomic E-state index is 0.0973. The van der Waals surface area contributed by atoms with Crippen LogP contribution in [0.2, 0.25) is 0 Å². The quantitative estimate of drug-likeness (QED) is 0.381. The van der Waals surface area contributed by atoms with Crippen LogP contribution in [0.3, 0.4) is 0 Å². The minimum atomic E-state index is -1.55. The Bertz CT molecular complexity index is 685. The molecule has 12 heteroatoms. The van der Waals surface area contributed by atoms with Crippen LogP contribution >= 0.6 is 0 Å². The molecule has 1 saturated carbocycles. The molecule has 1 rings (SSSR count). The molecule has 0 aliphatic heterocycles. The molecule has 0 aromatic rings. The topological polar surface area (TPSA) is 158 Å². The third-order valence-corrected chi connectivity index (χ3v) is 4.01. The van der Waals surface area contributed by atoms with Gasteiger partial charge in [0.1, 0.15) is 0 Å². The number of esters is 6. The van der Waals surface area contributed by atoms with Gasteiger partial charge in [0.25, 0.3) is 0 Å². The van der Waals surface area contributed by atoms with E-state index in [0.29, 0.717) is 0 Å². The highest BCUT2D eigenvalue weighted by atomic mass is 16.7. The number of hydrogen-bond donors (Lipinski definition) is 0.